The van der Waals surface area contributed by atoms with Crippen molar-refractivity contribution in [1.82, 2.24) is 19.5 Å². The molecule has 0 radical (unpaired) electrons. The molecule has 0 aliphatic rings. The van der Waals surface area contributed by atoms with Crippen LogP contribution in [0.3, 0.4) is 0 Å². The summed E-state index contributed by atoms with van der Waals surface area (Å²) in [6.45, 7) is 1.97. The van der Waals surface area contributed by atoms with Gasteiger partial charge in [-0.1, -0.05) is 146 Å². The molecule has 9 heteroatoms. The van der Waals surface area contributed by atoms with E-state index in [0.717, 1.165) is 44.9 Å². The molecule has 0 aliphatic heterocycles. The Morgan fingerprint density at radius 1 is 0.576 bits per heavy atom. The number of methoxy groups -OCH3 is 2. The molecule has 59 heavy (non-hydrogen) atoms. The summed E-state index contributed by atoms with van der Waals surface area (Å²) >= 11 is 0. The maximum Gasteiger partial charge on any atom is 0.165 e. The van der Waals surface area contributed by atoms with Crippen molar-refractivity contribution in [3.05, 3.63) is 216 Å². The van der Waals surface area contributed by atoms with Gasteiger partial charge >= 0.3 is 0 Å². The number of benzene rings is 6. The number of aromatic nitrogens is 4. The zero-order valence-electron chi connectivity index (χ0n) is 33.4. The smallest absolute Gasteiger partial charge is 0.165 e. The third-order valence-corrected chi connectivity index (χ3v) is 11.1. The Morgan fingerprint density at radius 2 is 1.02 bits per heavy atom. The van der Waals surface area contributed by atoms with Crippen molar-refractivity contribution in [2.45, 2.75) is 36.6 Å². The van der Waals surface area contributed by atoms with Gasteiger partial charge in [0.1, 0.15) is 34.5 Å². The zero-order valence-corrected chi connectivity index (χ0v) is 33.4. The van der Waals surface area contributed by atoms with Crippen LogP contribution in [-0.4, -0.2) is 51.6 Å². The first-order valence-corrected chi connectivity index (χ1v) is 19.8. The molecule has 2 N–H and O–H groups in total. The van der Waals surface area contributed by atoms with E-state index in [-0.39, 0.29) is 12.6 Å². The second kappa shape index (κ2) is 17.4. The third kappa shape index (κ3) is 7.42. The third-order valence-electron chi connectivity index (χ3n) is 11.1. The van der Waals surface area contributed by atoms with Gasteiger partial charge in [0, 0.05) is 6.61 Å². The van der Waals surface area contributed by atoms with E-state index in [0.29, 0.717) is 23.4 Å². The summed E-state index contributed by atoms with van der Waals surface area (Å²) in [5.41, 5.74) is 5.16. The lowest BCUT2D eigenvalue weighted by molar-refractivity contribution is -0.0646. The van der Waals surface area contributed by atoms with Crippen LogP contribution in [0.5, 0.6) is 11.5 Å². The quantitative estimate of drug-likeness (QED) is 0.0935. The molecule has 9 nitrogen and oxygen atoms in total. The number of aliphatic hydroxyl groups excluding tert-OH is 1. The molecule has 0 aliphatic carbocycles. The molecule has 2 heterocycles. The first-order valence-electron chi connectivity index (χ1n) is 19.8. The highest BCUT2D eigenvalue weighted by Crippen LogP contribution is 2.45. The summed E-state index contributed by atoms with van der Waals surface area (Å²) in [5.74, 6) is 2.06. The molecular formula is C50H47N5O4. The molecule has 0 fully saturated rings. The van der Waals surface area contributed by atoms with E-state index in [4.69, 9.17) is 29.2 Å². The van der Waals surface area contributed by atoms with E-state index in [2.05, 4.69) is 85.0 Å². The number of nitrogens with one attached hydrogen (secondary N) is 1. The van der Waals surface area contributed by atoms with Gasteiger partial charge in [-0.2, -0.15) is 0 Å². The lowest BCUT2D eigenvalue weighted by atomic mass is 9.77. The first kappa shape index (κ1) is 39.0. The predicted octanol–water partition coefficient (Wildman–Crippen LogP) is 9.57. The van der Waals surface area contributed by atoms with Crippen molar-refractivity contribution in [1.29, 1.82) is 0 Å². The molecule has 0 amide bonds. The van der Waals surface area contributed by atoms with Gasteiger partial charge in [0.25, 0.3) is 0 Å². The van der Waals surface area contributed by atoms with Gasteiger partial charge in [-0.3, -0.25) is 0 Å². The van der Waals surface area contributed by atoms with Crippen molar-refractivity contribution < 1.29 is 19.3 Å². The van der Waals surface area contributed by atoms with Gasteiger partial charge in [-0.25, -0.2) is 15.0 Å². The number of imidazole rings is 1. The standard InChI is InChI=1S/C50H47N5O4/c1-36(59-50(40-20-12-6-13-21-40,41-22-14-7-15-23-41)42-26-30-44(58-3)31-27-42)45(32-33-56)55-35-53-46-47(51-34-52-48(46)55)54-49(37-16-8-4-9-17-37,38-18-10-5-11-19-38)39-24-28-43(57-2)29-25-39/h4-31,34-36,45,56H,32-33H2,1-3H3,(H,51,52,54). The van der Waals surface area contributed by atoms with Crippen LogP contribution < -0.4 is 14.8 Å². The molecule has 8 rings (SSSR count). The van der Waals surface area contributed by atoms with Gasteiger partial charge in [-0.05, 0) is 71.0 Å². The lowest BCUT2D eigenvalue weighted by Gasteiger charge is -2.40. The number of anilines is 1. The number of nitrogens with zero attached hydrogens (tertiary/aromatic N) is 4. The monoisotopic (exact) mass is 781 g/mol. The number of aliphatic hydroxyl groups is 1. The molecule has 2 unspecified atom stereocenters. The van der Waals surface area contributed by atoms with Crippen LogP contribution in [-0.2, 0) is 15.9 Å². The van der Waals surface area contributed by atoms with Gasteiger partial charge in [0.2, 0.25) is 0 Å². The van der Waals surface area contributed by atoms with Crippen molar-refractivity contribution in [2.75, 3.05) is 26.1 Å². The summed E-state index contributed by atoms with van der Waals surface area (Å²) in [4.78, 5) is 14.7. The fraction of sp³-hybridized carbons (Fsp3) is 0.180. The zero-order chi connectivity index (χ0) is 40.7. The number of fused-ring (bicyclic) bond motifs is 1. The molecule has 296 valence electrons. The maximum atomic E-state index is 10.6. The van der Waals surface area contributed by atoms with E-state index in [9.17, 15) is 5.11 Å². The highest BCUT2D eigenvalue weighted by atomic mass is 16.5. The first-order chi connectivity index (χ1) is 29.0. The molecule has 6 aromatic carbocycles. The van der Waals surface area contributed by atoms with Crippen molar-refractivity contribution in [3.8, 4) is 11.5 Å². The highest BCUT2D eigenvalue weighted by Gasteiger charge is 2.42. The van der Waals surface area contributed by atoms with E-state index >= 15 is 0 Å². The van der Waals surface area contributed by atoms with Crippen molar-refractivity contribution in [3.63, 3.8) is 0 Å². The summed E-state index contributed by atoms with van der Waals surface area (Å²) in [5, 5.41) is 14.5. The molecule has 2 aromatic heterocycles. The summed E-state index contributed by atoms with van der Waals surface area (Å²) in [6, 6.07) is 56.9. The van der Waals surface area contributed by atoms with Gasteiger partial charge < -0.3 is 29.2 Å². The number of hydrogen-bond donors (Lipinski definition) is 2. The van der Waals surface area contributed by atoms with Crippen LogP contribution in [0.4, 0.5) is 5.82 Å². The molecule has 0 bridgehead atoms. The van der Waals surface area contributed by atoms with Crippen LogP contribution in [0.15, 0.2) is 183 Å². The van der Waals surface area contributed by atoms with Gasteiger partial charge in [0.05, 0.1) is 32.7 Å². The Kier molecular flexibility index (Phi) is 11.5. The molecule has 0 spiro atoms. The SMILES string of the molecule is COc1ccc(C(Nc2ncnc3c2ncn3C(CCO)C(C)OC(c2ccccc2)(c2ccccc2)c2ccc(OC)cc2)(c2ccccc2)c2ccccc2)cc1. The van der Waals surface area contributed by atoms with Gasteiger partial charge in [-0.15, -0.1) is 0 Å². The minimum absolute atomic E-state index is 0.0803. The summed E-state index contributed by atoms with van der Waals surface area (Å²) in [6.07, 6.45) is 3.26. The normalized spacial score (nSPS) is 12.8. The van der Waals surface area contributed by atoms with E-state index < -0.39 is 17.2 Å². The second-order valence-corrected chi connectivity index (χ2v) is 14.4. The fourth-order valence-corrected chi connectivity index (χ4v) is 8.26. The summed E-state index contributed by atoms with van der Waals surface area (Å²) in [7, 11) is 3.33. The minimum Gasteiger partial charge on any atom is -0.497 e. The Labute approximate surface area is 345 Å². The summed E-state index contributed by atoms with van der Waals surface area (Å²) < 4.78 is 20.6. The van der Waals surface area contributed by atoms with Crippen LogP contribution in [0.1, 0.15) is 52.8 Å². The fourth-order valence-electron chi connectivity index (χ4n) is 8.26. The molecule has 0 saturated carbocycles. The van der Waals surface area contributed by atoms with E-state index in [1.54, 1.807) is 26.9 Å². The minimum atomic E-state index is -1.02. The molecule has 8 aromatic rings. The Morgan fingerprint density at radius 3 is 1.49 bits per heavy atom. The van der Waals surface area contributed by atoms with Crippen LogP contribution >= 0.6 is 0 Å². The highest BCUT2D eigenvalue weighted by molar-refractivity contribution is 5.84. The molecular weight excluding hydrogens is 735 g/mol. The Balaban J connectivity index is 1.25. The molecule has 0 saturated heterocycles. The topological polar surface area (TPSA) is 104 Å². The van der Waals surface area contributed by atoms with Crippen LogP contribution in [0.25, 0.3) is 11.2 Å². The van der Waals surface area contributed by atoms with E-state index in [1.807, 2.05) is 102 Å². The van der Waals surface area contributed by atoms with Crippen LogP contribution in [0.2, 0.25) is 0 Å². The number of hydrogen-bond acceptors (Lipinski definition) is 8. The largest absolute Gasteiger partial charge is 0.497 e. The second-order valence-electron chi connectivity index (χ2n) is 14.4. The van der Waals surface area contributed by atoms with Crippen LogP contribution in [0, 0.1) is 0 Å². The number of rotatable bonds is 16. The van der Waals surface area contributed by atoms with Crippen molar-refractivity contribution in [2.24, 2.45) is 0 Å². The van der Waals surface area contributed by atoms with Gasteiger partial charge in [0.15, 0.2) is 11.5 Å². The molecule has 2 atom stereocenters. The maximum absolute atomic E-state index is 10.6. The lowest BCUT2D eigenvalue weighted by Crippen LogP contribution is -2.39. The Hall–Kier alpha value is -6.81. The van der Waals surface area contributed by atoms with Crippen molar-refractivity contribution >= 4 is 17.0 Å². The predicted molar refractivity (Wildman–Crippen MR) is 232 cm³/mol. The number of ether oxygens (including phenoxy) is 3. The average Bonchev–Trinajstić information content (AvgIpc) is 3.75. The van der Waals surface area contributed by atoms with E-state index in [1.165, 1.54) is 0 Å². The average molecular weight is 782 g/mol. The Bertz CT molecular complexity index is 2470.